The number of piperidine rings is 2. The second-order valence-corrected chi connectivity index (χ2v) is 16.7. The predicted molar refractivity (Wildman–Crippen MR) is 210 cm³/mol. The first-order chi connectivity index (χ1) is 27.9. The van der Waals surface area contributed by atoms with Crippen LogP contribution in [0.4, 0.5) is 30.8 Å². The number of aromatic nitrogens is 2. The van der Waals surface area contributed by atoms with Crippen molar-refractivity contribution in [2.24, 2.45) is 5.92 Å². The molecule has 0 radical (unpaired) electrons. The average Bonchev–Trinajstić information content (AvgIpc) is 3.53. The number of piperazine rings is 2. The highest BCUT2D eigenvalue weighted by molar-refractivity contribution is 6.05. The summed E-state index contributed by atoms with van der Waals surface area (Å²) in [6.45, 7) is 11.0. The summed E-state index contributed by atoms with van der Waals surface area (Å²) in [6, 6.07) is 8.76. The Morgan fingerprint density at radius 1 is 0.897 bits per heavy atom. The maximum Gasteiger partial charge on any atom is 0.320 e. The summed E-state index contributed by atoms with van der Waals surface area (Å²) < 4.78 is 28.2. The standard InChI is InChI=1S/C41H48F2N10O5/c1-23-18-48(20-25-7-9-49(10-8-25)28-4-3-26-21-52(40(57)30(26)15-28)34-5-6-36(54)45-39(34)56)19-24(2)53(23)41(58)50-11-12-51-29(22-50)17-44-38-35(51)16-33(46-47-38)31-13-27(42)14-32(43)37(31)55/h3-4,13-16,23-25,29,34,55H,5-12,17-22H2,1-2H3,(H,44,47)(H,45,54,56)/t23-,24+,29-,34+/m1/s1. The molecule has 9 rings (SSSR count). The summed E-state index contributed by atoms with van der Waals surface area (Å²) in [5, 5.41) is 24.3. The monoisotopic (exact) mass is 798 g/mol. The van der Waals surface area contributed by atoms with Crippen molar-refractivity contribution < 1.29 is 33.1 Å². The fourth-order valence-electron chi connectivity index (χ4n) is 9.95. The summed E-state index contributed by atoms with van der Waals surface area (Å²) in [4.78, 5) is 64.2. The number of hydrogen-bond acceptors (Lipinski definition) is 11. The third kappa shape index (κ3) is 6.92. The van der Waals surface area contributed by atoms with E-state index >= 15 is 0 Å². The minimum atomic E-state index is -1.07. The number of benzene rings is 2. The second-order valence-electron chi connectivity index (χ2n) is 16.7. The molecule has 0 aliphatic carbocycles. The normalized spacial score (nSPS) is 25.3. The predicted octanol–water partition coefficient (Wildman–Crippen LogP) is 3.24. The highest BCUT2D eigenvalue weighted by Crippen LogP contribution is 2.38. The Morgan fingerprint density at radius 3 is 2.43 bits per heavy atom. The fourth-order valence-corrected chi connectivity index (χ4v) is 9.95. The van der Waals surface area contributed by atoms with E-state index in [4.69, 9.17) is 0 Å². The number of nitrogens with one attached hydrogen (secondary N) is 2. The Bertz CT molecular complexity index is 2150. The molecule has 4 atom stereocenters. The number of fused-ring (bicyclic) bond motifs is 4. The first-order valence-electron chi connectivity index (χ1n) is 20.3. The fraction of sp³-hybridized carbons (Fsp3) is 0.512. The topological polar surface area (TPSA) is 158 Å². The zero-order chi connectivity index (χ0) is 40.4. The molecule has 0 saturated carbocycles. The SMILES string of the molecule is C[C@@H]1CN(CC2CCN(c3ccc4c(c3)C(=O)N([C@H]3CCC(=O)NC3=O)C4)CC2)C[C@H](C)N1C(=O)N1CCN2c3cc(-c4cc(F)cc(F)c4O)nnc3NC[C@@H]2C1. The van der Waals surface area contributed by atoms with Crippen molar-refractivity contribution in [2.75, 3.05) is 74.0 Å². The number of phenolic OH excluding ortho intramolecular Hbond substituents is 1. The van der Waals surface area contributed by atoms with Crippen LogP contribution in [0.5, 0.6) is 5.75 Å². The molecular weight excluding hydrogens is 751 g/mol. The smallest absolute Gasteiger partial charge is 0.320 e. The summed E-state index contributed by atoms with van der Waals surface area (Å²) in [6.07, 6.45) is 2.62. The second kappa shape index (κ2) is 15.0. The van der Waals surface area contributed by atoms with E-state index in [1.807, 2.05) is 21.9 Å². The molecule has 2 aromatic carbocycles. The number of urea groups is 1. The minimum Gasteiger partial charge on any atom is -0.504 e. The van der Waals surface area contributed by atoms with Gasteiger partial charge in [0.25, 0.3) is 5.91 Å². The molecule has 1 aromatic heterocycles. The van der Waals surface area contributed by atoms with Gasteiger partial charge >= 0.3 is 6.03 Å². The lowest BCUT2D eigenvalue weighted by molar-refractivity contribution is -0.136. The van der Waals surface area contributed by atoms with Gasteiger partial charge in [-0.05, 0) is 68.9 Å². The van der Waals surface area contributed by atoms with Crippen LogP contribution in [0.2, 0.25) is 0 Å². The number of carbonyl (C=O) groups is 4. The van der Waals surface area contributed by atoms with Crippen LogP contribution in [0.3, 0.4) is 0 Å². The van der Waals surface area contributed by atoms with Gasteiger partial charge in [-0.25, -0.2) is 13.6 Å². The molecule has 3 N–H and O–H groups in total. The van der Waals surface area contributed by atoms with Gasteiger partial charge in [0.2, 0.25) is 11.8 Å². The average molecular weight is 799 g/mol. The van der Waals surface area contributed by atoms with Crippen LogP contribution >= 0.6 is 0 Å². The molecule has 6 aliphatic rings. The van der Waals surface area contributed by atoms with Gasteiger partial charge in [-0.3, -0.25) is 24.6 Å². The summed E-state index contributed by atoms with van der Waals surface area (Å²) in [5.74, 6) is -2.38. The first-order valence-corrected chi connectivity index (χ1v) is 20.3. The molecule has 0 unspecified atom stereocenters. The van der Waals surface area contributed by atoms with E-state index in [0.717, 1.165) is 62.9 Å². The summed E-state index contributed by atoms with van der Waals surface area (Å²) >= 11 is 0. The van der Waals surface area contributed by atoms with E-state index in [1.165, 1.54) is 0 Å². The Kier molecular flexibility index (Phi) is 9.80. The third-order valence-corrected chi connectivity index (χ3v) is 12.9. The van der Waals surface area contributed by atoms with Crippen LogP contribution in [-0.2, 0) is 16.1 Å². The van der Waals surface area contributed by atoms with Crippen molar-refractivity contribution in [3.05, 3.63) is 59.2 Å². The number of imide groups is 1. The van der Waals surface area contributed by atoms with E-state index in [2.05, 4.69) is 55.4 Å². The molecule has 4 fully saturated rings. The van der Waals surface area contributed by atoms with E-state index < -0.39 is 29.3 Å². The van der Waals surface area contributed by atoms with Crippen molar-refractivity contribution in [2.45, 2.75) is 70.2 Å². The maximum absolute atomic E-state index is 14.1. The van der Waals surface area contributed by atoms with Crippen LogP contribution in [0.25, 0.3) is 11.3 Å². The van der Waals surface area contributed by atoms with Crippen molar-refractivity contribution in [1.82, 2.24) is 35.1 Å². The Hall–Kier alpha value is -5.58. The number of nitrogens with zero attached hydrogens (tertiary/aromatic N) is 8. The van der Waals surface area contributed by atoms with Gasteiger partial charge in [0.05, 0.1) is 17.4 Å². The van der Waals surface area contributed by atoms with E-state index in [-0.39, 0.29) is 53.6 Å². The molecule has 7 heterocycles. The van der Waals surface area contributed by atoms with E-state index in [0.29, 0.717) is 68.2 Å². The Labute approximate surface area is 334 Å². The molecular formula is C41H48F2N10O5. The number of rotatable bonds is 5. The largest absolute Gasteiger partial charge is 0.504 e. The number of anilines is 3. The number of carbonyl (C=O) groups excluding carboxylic acids is 4. The Balaban J connectivity index is 0.773. The van der Waals surface area contributed by atoms with Gasteiger partial charge in [-0.1, -0.05) is 6.07 Å². The highest BCUT2D eigenvalue weighted by Gasteiger charge is 2.42. The Morgan fingerprint density at radius 2 is 1.67 bits per heavy atom. The molecule has 58 heavy (non-hydrogen) atoms. The number of halogens is 2. The van der Waals surface area contributed by atoms with Crippen LogP contribution in [0, 0.1) is 17.6 Å². The number of amides is 5. The zero-order valence-corrected chi connectivity index (χ0v) is 32.7. The summed E-state index contributed by atoms with van der Waals surface area (Å²) in [5.41, 5.74) is 3.34. The minimum absolute atomic E-state index is 0.0279. The molecule has 3 aromatic rings. The number of aromatic hydroxyl groups is 1. The quantitative estimate of drug-likeness (QED) is 0.326. The van der Waals surface area contributed by atoms with Crippen molar-refractivity contribution in [1.29, 1.82) is 0 Å². The van der Waals surface area contributed by atoms with Crippen molar-refractivity contribution in [3.8, 4) is 17.0 Å². The van der Waals surface area contributed by atoms with Crippen LogP contribution in [0.15, 0.2) is 36.4 Å². The molecule has 17 heteroatoms. The lowest BCUT2D eigenvalue weighted by atomic mass is 9.94. The van der Waals surface area contributed by atoms with Crippen LogP contribution in [0.1, 0.15) is 55.5 Å². The molecule has 6 aliphatic heterocycles. The molecule has 0 spiro atoms. The first kappa shape index (κ1) is 38.0. The van der Waals surface area contributed by atoms with Crippen LogP contribution in [-0.4, -0.2) is 142 Å². The molecule has 5 amide bonds. The van der Waals surface area contributed by atoms with E-state index in [9.17, 15) is 33.1 Å². The summed E-state index contributed by atoms with van der Waals surface area (Å²) in [7, 11) is 0. The molecule has 0 bridgehead atoms. The molecule has 15 nitrogen and oxygen atoms in total. The lowest BCUT2D eigenvalue weighted by Crippen LogP contribution is -2.65. The van der Waals surface area contributed by atoms with Crippen molar-refractivity contribution >= 4 is 40.9 Å². The van der Waals surface area contributed by atoms with Gasteiger partial charge in [-0.2, -0.15) is 0 Å². The third-order valence-electron chi connectivity index (χ3n) is 12.9. The van der Waals surface area contributed by atoms with Crippen molar-refractivity contribution in [3.63, 3.8) is 0 Å². The van der Waals surface area contributed by atoms with Gasteiger partial charge in [0.15, 0.2) is 17.4 Å². The van der Waals surface area contributed by atoms with Gasteiger partial charge < -0.3 is 34.9 Å². The lowest BCUT2D eigenvalue weighted by Gasteiger charge is -2.50. The van der Waals surface area contributed by atoms with Crippen LogP contribution < -0.4 is 20.4 Å². The van der Waals surface area contributed by atoms with Gasteiger partial charge in [0, 0.05) is 107 Å². The van der Waals surface area contributed by atoms with Gasteiger partial charge in [-0.15, -0.1) is 10.2 Å². The number of hydrogen-bond donors (Lipinski definition) is 3. The zero-order valence-electron chi connectivity index (χ0n) is 32.7. The highest BCUT2D eigenvalue weighted by atomic mass is 19.1. The maximum atomic E-state index is 14.1. The molecule has 4 saturated heterocycles. The van der Waals surface area contributed by atoms with E-state index in [1.54, 1.807) is 11.0 Å². The van der Waals surface area contributed by atoms with Gasteiger partial charge in [0.1, 0.15) is 11.9 Å². The number of phenols is 1. The molecule has 306 valence electrons.